The summed E-state index contributed by atoms with van der Waals surface area (Å²) in [5.41, 5.74) is 2.03. The number of carbonyl (C=O) groups excluding carboxylic acids is 3. The third-order valence-corrected chi connectivity index (χ3v) is 7.08. The molecule has 0 saturated heterocycles. The Morgan fingerprint density at radius 3 is 2.67 bits per heavy atom. The number of rotatable bonds is 7. The Morgan fingerprint density at radius 1 is 1.23 bits per heavy atom. The molecular weight excluding hydrogens is 422 g/mol. The molecule has 9 heteroatoms. The second-order valence-electron chi connectivity index (χ2n) is 7.24. The van der Waals surface area contributed by atoms with E-state index in [1.165, 1.54) is 30.2 Å². The average Bonchev–Trinajstić information content (AvgIpc) is 3.40. The normalized spacial score (nSPS) is 14.9. The summed E-state index contributed by atoms with van der Waals surface area (Å²) in [7, 11) is 1.35. The monoisotopic (exact) mass is 447 g/mol. The van der Waals surface area contributed by atoms with Crippen LogP contribution in [0.4, 0.5) is 15.6 Å². The topological polar surface area (TPSA) is 97.4 Å². The minimum atomic E-state index is -0.466. The number of urea groups is 1. The van der Waals surface area contributed by atoms with Gasteiger partial charge in [-0.2, -0.15) is 0 Å². The summed E-state index contributed by atoms with van der Waals surface area (Å²) >= 11 is 2.58. The van der Waals surface area contributed by atoms with E-state index in [9.17, 15) is 14.4 Å². The number of esters is 1. The maximum absolute atomic E-state index is 12.9. The number of ether oxygens (including phenoxy) is 1. The van der Waals surface area contributed by atoms with Gasteiger partial charge >= 0.3 is 12.0 Å². The molecule has 1 fully saturated rings. The molecule has 0 radical (unpaired) electrons. The second kappa shape index (κ2) is 10.1. The number of Topliss-reactive ketones (excluding diaryl/α,β-unsaturated/α-hetero) is 1. The Balaban J connectivity index is 1.65. The Kier molecular flexibility index (Phi) is 7.49. The van der Waals surface area contributed by atoms with E-state index in [2.05, 4.69) is 15.6 Å². The van der Waals surface area contributed by atoms with Crippen molar-refractivity contribution in [2.45, 2.75) is 49.0 Å². The van der Waals surface area contributed by atoms with Crippen LogP contribution in [0.3, 0.4) is 0 Å². The van der Waals surface area contributed by atoms with Gasteiger partial charge in [0.1, 0.15) is 5.25 Å². The number of anilines is 2. The molecule has 0 bridgehead atoms. The van der Waals surface area contributed by atoms with Gasteiger partial charge in [0.25, 0.3) is 0 Å². The molecule has 30 heavy (non-hydrogen) atoms. The molecule has 1 atom stereocenters. The minimum Gasteiger partial charge on any atom is -0.468 e. The average molecular weight is 448 g/mol. The lowest BCUT2D eigenvalue weighted by molar-refractivity contribution is -0.139. The summed E-state index contributed by atoms with van der Waals surface area (Å²) in [4.78, 5) is 41.1. The molecular formula is C21H25N3O4S2. The van der Waals surface area contributed by atoms with E-state index in [0.717, 1.165) is 35.5 Å². The van der Waals surface area contributed by atoms with Gasteiger partial charge in [0, 0.05) is 11.5 Å². The van der Waals surface area contributed by atoms with Gasteiger partial charge in [-0.25, -0.2) is 9.78 Å². The SMILES string of the molecule is COC(=O)C(C)Sc1cnc(NC(=O)Nc2ccc(C)cc2C(=O)C2CCCC2)s1. The lowest BCUT2D eigenvalue weighted by Gasteiger charge is -2.14. The number of aromatic nitrogens is 1. The number of benzene rings is 1. The number of aryl methyl sites for hydroxylation is 1. The van der Waals surface area contributed by atoms with E-state index >= 15 is 0 Å². The molecule has 7 nitrogen and oxygen atoms in total. The van der Waals surface area contributed by atoms with E-state index in [1.54, 1.807) is 19.2 Å². The molecule has 1 aromatic carbocycles. The van der Waals surface area contributed by atoms with Crippen molar-refractivity contribution in [2.24, 2.45) is 5.92 Å². The third-order valence-electron chi connectivity index (χ3n) is 4.95. The number of nitrogens with zero attached hydrogens (tertiary/aromatic N) is 1. The predicted molar refractivity (Wildman–Crippen MR) is 120 cm³/mol. The largest absolute Gasteiger partial charge is 0.468 e. The Labute approximate surface area is 184 Å². The third kappa shape index (κ3) is 5.60. The van der Waals surface area contributed by atoms with Crippen LogP contribution < -0.4 is 10.6 Å². The molecule has 1 unspecified atom stereocenters. The van der Waals surface area contributed by atoms with Crippen molar-refractivity contribution in [1.82, 2.24) is 4.98 Å². The number of hydrogen-bond acceptors (Lipinski definition) is 7. The lowest BCUT2D eigenvalue weighted by Crippen LogP contribution is -2.22. The van der Waals surface area contributed by atoms with E-state index in [1.807, 2.05) is 19.1 Å². The van der Waals surface area contributed by atoms with Crippen molar-refractivity contribution in [2.75, 3.05) is 17.7 Å². The van der Waals surface area contributed by atoms with Crippen LogP contribution in [0, 0.1) is 12.8 Å². The summed E-state index contributed by atoms with van der Waals surface area (Å²) in [6.07, 6.45) is 5.56. The Bertz CT molecular complexity index is 938. The zero-order chi connectivity index (χ0) is 21.7. The van der Waals surface area contributed by atoms with Gasteiger partial charge < -0.3 is 10.1 Å². The van der Waals surface area contributed by atoms with Gasteiger partial charge in [-0.1, -0.05) is 47.6 Å². The first-order valence-corrected chi connectivity index (χ1v) is 11.5. The highest BCUT2D eigenvalue weighted by molar-refractivity contribution is 8.02. The first kappa shape index (κ1) is 22.3. The van der Waals surface area contributed by atoms with Crippen molar-refractivity contribution < 1.29 is 19.1 Å². The van der Waals surface area contributed by atoms with Crippen LogP contribution >= 0.6 is 23.1 Å². The van der Waals surface area contributed by atoms with Crippen LogP contribution in [-0.4, -0.2) is 35.1 Å². The van der Waals surface area contributed by atoms with Crippen LogP contribution in [0.2, 0.25) is 0 Å². The summed E-state index contributed by atoms with van der Waals surface area (Å²) in [6.45, 7) is 3.68. The number of amides is 2. The van der Waals surface area contributed by atoms with Gasteiger partial charge in [0.15, 0.2) is 10.9 Å². The van der Waals surface area contributed by atoms with Crippen LogP contribution in [0.5, 0.6) is 0 Å². The maximum atomic E-state index is 12.9. The summed E-state index contributed by atoms with van der Waals surface area (Å²) in [5.74, 6) is -0.193. The highest BCUT2D eigenvalue weighted by Gasteiger charge is 2.26. The minimum absolute atomic E-state index is 0.0331. The van der Waals surface area contributed by atoms with Crippen LogP contribution in [-0.2, 0) is 9.53 Å². The molecule has 2 aromatic rings. The summed E-state index contributed by atoms with van der Waals surface area (Å²) in [6, 6.07) is 5.00. The predicted octanol–water partition coefficient (Wildman–Crippen LogP) is 5.12. The van der Waals surface area contributed by atoms with E-state index in [-0.39, 0.29) is 22.9 Å². The fourth-order valence-electron chi connectivity index (χ4n) is 3.39. The molecule has 2 amide bonds. The van der Waals surface area contributed by atoms with Crippen LogP contribution in [0.25, 0.3) is 0 Å². The molecule has 1 aliphatic carbocycles. The van der Waals surface area contributed by atoms with Gasteiger partial charge in [0.05, 0.1) is 23.2 Å². The van der Waals surface area contributed by atoms with Crippen molar-refractivity contribution >= 4 is 51.7 Å². The van der Waals surface area contributed by atoms with Crippen molar-refractivity contribution in [3.63, 3.8) is 0 Å². The smallest absolute Gasteiger partial charge is 0.325 e. The molecule has 3 rings (SSSR count). The van der Waals surface area contributed by atoms with E-state index in [4.69, 9.17) is 4.74 Å². The van der Waals surface area contributed by atoms with Gasteiger partial charge in [0.2, 0.25) is 0 Å². The summed E-state index contributed by atoms with van der Waals surface area (Å²) in [5, 5.41) is 5.52. The quantitative estimate of drug-likeness (QED) is 0.347. The van der Waals surface area contributed by atoms with Crippen LogP contribution in [0.1, 0.15) is 48.5 Å². The van der Waals surface area contributed by atoms with E-state index < -0.39 is 6.03 Å². The molecule has 2 N–H and O–H groups in total. The molecule has 1 aromatic heterocycles. The molecule has 1 saturated carbocycles. The molecule has 1 heterocycles. The highest BCUT2D eigenvalue weighted by Crippen LogP contribution is 2.33. The molecule has 0 spiro atoms. The zero-order valence-corrected chi connectivity index (χ0v) is 18.8. The van der Waals surface area contributed by atoms with Gasteiger partial charge in [-0.3, -0.25) is 14.9 Å². The van der Waals surface area contributed by atoms with E-state index in [0.29, 0.717) is 16.4 Å². The molecule has 1 aliphatic rings. The lowest BCUT2D eigenvalue weighted by atomic mass is 9.94. The Morgan fingerprint density at radius 2 is 1.97 bits per heavy atom. The molecule has 160 valence electrons. The number of methoxy groups -OCH3 is 1. The zero-order valence-electron chi connectivity index (χ0n) is 17.2. The maximum Gasteiger partial charge on any atom is 0.325 e. The number of nitrogens with one attached hydrogen (secondary N) is 2. The van der Waals surface area contributed by atoms with Gasteiger partial charge in [-0.05, 0) is 38.8 Å². The number of hydrogen-bond donors (Lipinski definition) is 2. The first-order chi connectivity index (χ1) is 14.4. The molecule has 0 aliphatic heterocycles. The highest BCUT2D eigenvalue weighted by atomic mass is 32.2. The standard InChI is InChI=1S/C21H25N3O4S2/c1-12-8-9-16(15(10-12)18(25)14-6-4-5-7-14)23-20(27)24-21-22-11-17(30-21)29-13(2)19(26)28-3/h8-11,13-14H,4-7H2,1-3H3,(H2,22,23,24,27). The second-order valence-corrected chi connectivity index (χ2v) is 9.91. The van der Waals surface area contributed by atoms with Crippen molar-refractivity contribution in [3.8, 4) is 0 Å². The van der Waals surface area contributed by atoms with Crippen molar-refractivity contribution in [1.29, 1.82) is 0 Å². The number of ketones is 1. The van der Waals surface area contributed by atoms with Crippen LogP contribution in [0.15, 0.2) is 28.6 Å². The van der Waals surface area contributed by atoms with Gasteiger partial charge in [-0.15, -0.1) is 0 Å². The number of thiazole rings is 1. The Hall–Kier alpha value is -2.39. The summed E-state index contributed by atoms with van der Waals surface area (Å²) < 4.78 is 5.50. The number of thioether (sulfide) groups is 1. The number of carbonyl (C=O) groups is 3. The van der Waals surface area contributed by atoms with Crippen molar-refractivity contribution in [3.05, 3.63) is 35.5 Å². The fraction of sp³-hybridized carbons (Fsp3) is 0.429. The fourth-order valence-corrected chi connectivity index (χ4v) is 5.45. The first-order valence-electron chi connectivity index (χ1n) is 9.80.